The number of nitrogens with one attached hydrogen (secondary N) is 2. The number of aromatic nitrogens is 1. The van der Waals surface area contributed by atoms with Gasteiger partial charge in [-0.25, -0.2) is 9.78 Å². The number of urea groups is 1. The maximum Gasteiger partial charge on any atom is 0.315 e. The molecule has 0 spiro atoms. The van der Waals surface area contributed by atoms with E-state index < -0.39 is 0 Å². The molecule has 1 aromatic rings. The molecule has 1 fully saturated rings. The molecule has 140 valence electrons. The van der Waals surface area contributed by atoms with E-state index in [1.54, 1.807) is 0 Å². The molecule has 1 aromatic heterocycles. The predicted octanol–water partition coefficient (Wildman–Crippen LogP) is 2.59. The highest BCUT2D eigenvalue weighted by atomic mass is 16.3. The third-order valence-electron chi connectivity index (χ3n) is 4.68. The quantitative estimate of drug-likeness (QED) is 0.631. The van der Waals surface area contributed by atoms with Crippen molar-refractivity contribution in [2.24, 2.45) is 5.41 Å². The van der Waals surface area contributed by atoms with Crippen molar-refractivity contribution in [1.29, 1.82) is 0 Å². The van der Waals surface area contributed by atoms with Crippen LogP contribution in [0.25, 0.3) is 0 Å². The molecule has 0 bridgehead atoms. The molecule has 2 rings (SSSR count). The molecule has 1 saturated heterocycles. The Bertz CT molecular complexity index is 569. The molecule has 0 aliphatic carbocycles. The number of rotatable bonds is 8. The molecule has 0 unspecified atom stereocenters. The molecule has 2 heterocycles. The number of aliphatic hydroxyl groups is 1. The topological polar surface area (TPSA) is 77.5 Å². The molecule has 6 heteroatoms. The lowest BCUT2D eigenvalue weighted by Crippen LogP contribution is -2.36. The van der Waals surface area contributed by atoms with Crippen LogP contribution in [0.15, 0.2) is 12.1 Å². The molecule has 0 radical (unpaired) electrons. The summed E-state index contributed by atoms with van der Waals surface area (Å²) in [5.41, 5.74) is 1.97. The molecular formula is C19H32N4O2. The van der Waals surface area contributed by atoms with Crippen LogP contribution in [0.5, 0.6) is 0 Å². The molecular weight excluding hydrogens is 316 g/mol. The van der Waals surface area contributed by atoms with Gasteiger partial charge in [0.15, 0.2) is 0 Å². The van der Waals surface area contributed by atoms with E-state index in [2.05, 4.69) is 26.6 Å². The zero-order valence-corrected chi connectivity index (χ0v) is 15.8. The van der Waals surface area contributed by atoms with Crippen molar-refractivity contribution in [3.63, 3.8) is 0 Å². The Morgan fingerprint density at radius 3 is 2.68 bits per heavy atom. The first-order chi connectivity index (χ1) is 11.9. The van der Waals surface area contributed by atoms with E-state index in [-0.39, 0.29) is 18.1 Å². The van der Waals surface area contributed by atoms with E-state index in [4.69, 9.17) is 0 Å². The van der Waals surface area contributed by atoms with Crippen LogP contribution in [0.2, 0.25) is 0 Å². The summed E-state index contributed by atoms with van der Waals surface area (Å²) >= 11 is 0. The number of nitrogens with zero attached hydrogens (tertiary/aromatic N) is 2. The summed E-state index contributed by atoms with van der Waals surface area (Å²) in [5, 5.41) is 15.1. The molecule has 1 aliphatic heterocycles. The maximum atomic E-state index is 12.0. The minimum Gasteiger partial charge on any atom is -0.396 e. The summed E-state index contributed by atoms with van der Waals surface area (Å²) in [5.74, 6) is 1.00. The summed E-state index contributed by atoms with van der Waals surface area (Å²) in [6, 6.07) is 3.89. The minimum atomic E-state index is -0.158. The van der Waals surface area contributed by atoms with Crippen molar-refractivity contribution in [2.45, 2.75) is 53.0 Å². The number of pyridine rings is 1. The van der Waals surface area contributed by atoms with Gasteiger partial charge < -0.3 is 20.6 Å². The van der Waals surface area contributed by atoms with Crippen molar-refractivity contribution in [2.75, 3.05) is 31.1 Å². The van der Waals surface area contributed by atoms with E-state index in [9.17, 15) is 9.90 Å². The van der Waals surface area contributed by atoms with Gasteiger partial charge in [-0.05, 0) is 44.1 Å². The Kier molecular flexibility index (Phi) is 7.05. The van der Waals surface area contributed by atoms with Crippen LogP contribution in [-0.4, -0.2) is 42.4 Å². The second-order valence-electron chi connectivity index (χ2n) is 7.66. The summed E-state index contributed by atoms with van der Waals surface area (Å²) in [4.78, 5) is 19.0. The van der Waals surface area contributed by atoms with Gasteiger partial charge in [-0.3, -0.25) is 0 Å². The number of carbonyl (C=O) groups is 1. The Morgan fingerprint density at radius 2 is 2.00 bits per heavy atom. The first-order valence-corrected chi connectivity index (χ1v) is 9.25. The normalized spacial score (nSPS) is 14.6. The summed E-state index contributed by atoms with van der Waals surface area (Å²) in [6.45, 7) is 9.38. The van der Waals surface area contributed by atoms with E-state index in [0.717, 1.165) is 43.0 Å². The zero-order chi connectivity index (χ0) is 18.3. The predicted molar refractivity (Wildman–Crippen MR) is 101 cm³/mol. The van der Waals surface area contributed by atoms with Gasteiger partial charge >= 0.3 is 6.03 Å². The van der Waals surface area contributed by atoms with Crippen LogP contribution < -0.4 is 15.5 Å². The van der Waals surface area contributed by atoms with Crippen molar-refractivity contribution >= 4 is 11.8 Å². The van der Waals surface area contributed by atoms with Crippen LogP contribution in [0.3, 0.4) is 0 Å². The van der Waals surface area contributed by atoms with E-state index in [1.165, 1.54) is 12.8 Å². The van der Waals surface area contributed by atoms with Gasteiger partial charge in [-0.2, -0.15) is 0 Å². The number of carbonyl (C=O) groups excluding carboxylic acids is 1. The van der Waals surface area contributed by atoms with Gasteiger partial charge in [0.05, 0.1) is 0 Å². The smallest absolute Gasteiger partial charge is 0.315 e. The molecule has 0 aromatic carbocycles. The average molecular weight is 348 g/mol. The number of hydrogen-bond donors (Lipinski definition) is 3. The van der Waals surface area contributed by atoms with Crippen LogP contribution in [0.1, 0.15) is 50.8 Å². The second kappa shape index (κ2) is 9.04. The number of amides is 2. The molecule has 2 amide bonds. The molecule has 0 saturated carbocycles. The van der Waals surface area contributed by atoms with Gasteiger partial charge in [0, 0.05) is 44.0 Å². The highest BCUT2D eigenvalue weighted by Crippen LogP contribution is 2.23. The first kappa shape index (κ1) is 19.5. The van der Waals surface area contributed by atoms with Crippen LogP contribution >= 0.6 is 0 Å². The van der Waals surface area contributed by atoms with Crippen LogP contribution in [-0.2, 0) is 6.54 Å². The van der Waals surface area contributed by atoms with Gasteiger partial charge in [-0.1, -0.05) is 19.9 Å². The van der Waals surface area contributed by atoms with Gasteiger partial charge in [0.1, 0.15) is 5.82 Å². The van der Waals surface area contributed by atoms with Gasteiger partial charge in [-0.15, -0.1) is 0 Å². The summed E-state index contributed by atoms with van der Waals surface area (Å²) in [6.07, 6.45) is 4.14. The monoisotopic (exact) mass is 348 g/mol. The highest BCUT2D eigenvalue weighted by Gasteiger charge is 2.18. The number of aryl methyl sites for hydroxylation is 1. The molecule has 0 atom stereocenters. The highest BCUT2D eigenvalue weighted by molar-refractivity contribution is 5.74. The maximum absolute atomic E-state index is 12.0. The lowest BCUT2D eigenvalue weighted by Gasteiger charge is -2.21. The minimum absolute atomic E-state index is 0.0870. The number of anilines is 1. The van der Waals surface area contributed by atoms with Crippen molar-refractivity contribution < 1.29 is 9.90 Å². The van der Waals surface area contributed by atoms with Crippen molar-refractivity contribution in [1.82, 2.24) is 15.6 Å². The van der Waals surface area contributed by atoms with Crippen LogP contribution in [0.4, 0.5) is 10.6 Å². The van der Waals surface area contributed by atoms with Gasteiger partial charge in [0.2, 0.25) is 0 Å². The number of aliphatic hydroxyl groups excluding tert-OH is 1. The third kappa shape index (κ3) is 6.20. The Morgan fingerprint density at radius 1 is 1.28 bits per heavy atom. The lowest BCUT2D eigenvalue weighted by atomic mass is 9.89. The van der Waals surface area contributed by atoms with E-state index in [0.29, 0.717) is 13.1 Å². The number of hydrogen-bond acceptors (Lipinski definition) is 4. The second-order valence-corrected chi connectivity index (χ2v) is 7.66. The molecule has 1 aliphatic rings. The largest absolute Gasteiger partial charge is 0.396 e. The summed E-state index contributed by atoms with van der Waals surface area (Å²) < 4.78 is 0. The Hall–Kier alpha value is -1.82. The van der Waals surface area contributed by atoms with E-state index in [1.807, 2.05) is 26.8 Å². The fourth-order valence-corrected chi connectivity index (χ4v) is 3.00. The summed E-state index contributed by atoms with van der Waals surface area (Å²) in [7, 11) is 0. The standard InChI is InChI=1S/C19H32N4O2/c1-15-7-8-16(17(22-15)23-11-4-5-12-23)13-21-18(25)20-10-6-9-19(2,3)14-24/h7-8,24H,4-6,9-14H2,1-3H3,(H2,20,21,25). The zero-order valence-electron chi connectivity index (χ0n) is 15.8. The molecule has 3 N–H and O–H groups in total. The molecule has 25 heavy (non-hydrogen) atoms. The fraction of sp³-hybridized carbons (Fsp3) is 0.684. The molecule has 6 nitrogen and oxygen atoms in total. The van der Waals surface area contributed by atoms with Crippen LogP contribution in [0, 0.1) is 12.3 Å². The van der Waals surface area contributed by atoms with Gasteiger partial charge in [0.25, 0.3) is 0 Å². The Balaban J connectivity index is 1.79. The first-order valence-electron chi connectivity index (χ1n) is 9.25. The van der Waals surface area contributed by atoms with E-state index >= 15 is 0 Å². The third-order valence-corrected chi connectivity index (χ3v) is 4.68. The lowest BCUT2D eigenvalue weighted by molar-refractivity contribution is 0.148. The van der Waals surface area contributed by atoms with Crippen molar-refractivity contribution in [3.05, 3.63) is 23.4 Å². The Labute approximate surface area is 151 Å². The fourth-order valence-electron chi connectivity index (χ4n) is 3.00. The SMILES string of the molecule is Cc1ccc(CNC(=O)NCCCC(C)(C)CO)c(N2CCCC2)n1. The van der Waals surface area contributed by atoms with Crippen molar-refractivity contribution in [3.8, 4) is 0 Å². The average Bonchev–Trinajstić information content (AvgIpc) is 3.12.